The molecule has 17 heavy (non-hydrogen) atoms. The van der Waals surface area contributed by atoms with E-state index in [1.165, 1.54) is 0 Å². The van der Waals surface area contributed by atoms with Gasteiger partial charge in [0.25, 0.3) is 0 Å². The van der Waals surface area contributed by atoms with Gasteiger partial charge in [-0.2, -0.15) is 0 Å². The van der Waals surface area contributed by atoms with Crippen LogP contribution in [0.4, 0.5) is 0 Å². The Bertz CT molecular complexity index is 454. The normalized spacial score (nSPS) is 8.76. The highest BCUT2D eigenvalue weighted by molar-refractivity contribution is 5.48. The lowest BCUT2D eigenvalue weighted by Gasteiger charge is -2.00. The van der Waals surface area contributed by atoms with E-state index in [-0.39, 0.29) is 0 Å². The van der Waals surface area contributed by atoms with Crippen molar-refractivity contribution in [3.05, 3.63) is 28.9 Å². The van der Waals surface area contributed by atoms with Crippen molar-refractivity contribution in [2.45, 2.75) is 41.2 Å². The second-order valence-corrected chi connectivity index (χ2v) is 2.62. The number of nitrogens with zero attached hydrogens (tertiary/aromatic N) is 2. The highest BCUT2D eigenvalue weighted by atomic mass is 16.5. The van der Waals surface area contributed by atoms with Crippen molar-refractivity contribution < 1.29 is 4.52 Å². The Hall–Kier alpha value is -1.78. The first-order valence-electron chi connectivity index (χ1n) is 6.02. The van der Waals surface area contributed by atoms with Crippen LogP contribution in [0.25, 0.3) is 11.5 Å². The van der Waals surface area contributed by atoms with Crippen molar-refractivity contribution in [1.82, 2.24) is 14.7 Å². The van der Waals surface area contributed by atoms with Crippen LogP contribution < -0.4 is 5.76 Å². The molecule has 0 aliphatic carbocycles. The van der Waals surface area contributed by atoms with Gasteiger partial charge in [-0.15, -0.1) is 0 Å². The average molecular weight is 239 g/mol. The van der Waals surface area contributed by atoms with Crippen molar-refractivity contribution >= 4 is 0 Å². The minimum Gasteiger partial charge on any atom is -0.345 e. The molecule has 5 heteroatoms. The maximum absolute atomic E-state index is 10.7. The van der Waals surface area contributed by atoms with Crippen LogP contribution in [0.1, 0.15) is 34.6 Å². The second kappa shape index (κ2) is 8.38. The number of nitrogens with one attached hydrogen (secondary N) is 1. The molecular weight excluding hydrogens is 218 g/mol. The summed E-state index contributed by atoms with van der Waals surface area (Å²) in [5, 5.41) is 3.60. The average Bonchev–Trinajstić information content (AvgIpc) is 3.02. The van der Waals surface area contributed by atoms with Crippen LogP contribution in [0.2, 0.25) is 0 Å². The van der Waals surface area contributed by atoms with Crippen molar-refractivity contribution in [3.63, 3.8) is 0 Å². The van der Waals surface area contributed by atoms with Crippen LogP contribution in [-0.2, 0) is 6.54 Å². The standard InChI is InChI=1S/C8H9N3O2.2C2H6/c1-2-11-5-3-4-6(11)7-9-8(12)13-10-7;2*1-2/h3-5H,2H2,1H3,(H,9,10,12);2*1-2H3. The maximum atomic E-state index is 10.7. The number of hydrogen-bond acceptors (Lipinski definition) is 3. The van der Waals surface area contributed by atoms with Gasteiger partial charge in [-0.1, -0.05) is 32.9 Å². The van der Waals surface area contributed by atoms with Gasteiger partial charge in [0.1, 0.15) is 0 Å². The third-order valence-corrected chi connectivity index (χ3v) is 1.85. The quantitative estimate of drug-likeness (QED) is 0.876. The smallest absolute Gasteiger partial charge is 0.345 e. The first kappa shape index (κ1) is 15.2. The first-order valence-corrected chi connectivity index (χ1v) is 6.02. The molecule has 0 amide bonds. The summed E-state index contributed by atoms with van der Waals surface area (Å²) in [7, 11) is 0. The number of aromatic nitrogens is 3. The Kier molecular flexibility index (Phi) is 7.50. The third-order valence-electron chi connectivity index (χ3n) is 1.85. The Morgan fingerprint density at radius 3 is 2.47 bits per heavy atom. The molecule has 0 bridgehead atoms. The number of hydrogen-bond donors (Lipinski definition) is 1. The molecule has 0 unspecified atom stereocenters. The van der Waals surface area contributed by atoms with Gasteiger partial charge in [-0.3, -0.25) is 9.51 Å². The Morgan fingerprint density at radius 1 is 1.35 bits per heavy atom. The van der Waals surface area contributed by atoms with Crippen molar-refractivity contribution in [3.8, 4) is 11.5 Å². The van der Waals surface area contributed by atoms with Crippen LogP contribution >= 0.6 is 0 Å². The minimum absolute atomic E-state index is 0.469. The number of H-pyrrole nitrogens is 1. The lowest BCUT2D eigenvalue weighted by Crippen LogP contribution is -1.98. The summed E-state index contributed by atoms with van der Waals surface area (Å²) < 4.78 is 6.38. The Morgan fingerprint density at radius 2 is 2.00 bits per heavy atom. The number of aryl methyl sites for hydroxylation is 1. The number of rotatable bonds is 2. The zero-order valence-corrected chi connectivity index (χ0v) is 11.2. The van der Waals surface area contributed by atoms with Gasteiger partial charge in [0, 0.05) is 12.7 Å². The molecule has 0 aliphatic rings. The topological polar surface area (TPSA) is 63.8 Å². The van der Waals surface area contributed by atoms with Crippen molar-refractivity contribution in [2.75, 3.05) is 0 Å². The SMILES string of the molecule is CC.CC.CCn1cccc1-c1noc(=O)[nH]1. The lowest BCUT2D eigenvalue weighted by molar-refractivity contribution is 0.387. The summed E-state index contributed by atoms with van der Waals surface area (Å²) in [6, 6.07) is 3.77. The Labute approximate surface area is 101 Å². The van der Waals surface area contributed by atoms with Gasteiger partial charge in [0.05, 0.1) is 5.69 Å². The number of aromatic amines is 1. The largest absolute Gasteiger partial charge is 0.439 e. The van der Waals surface area contributed by atoms with Crippen LogP contribution in [0.3, 0.4) is 0 Å². The van der Waals surface area contributed by atoms with Gasteiger partial charge in [0.15, 0.2) is 5.82 Å². The van der Waals surface area contributed by atoms with E-state index in [0.717, 1.165) is 12.2 Å². The van der Waals surface area contributed by atoms with E-state index in [1.807, 2.05) is 57.5 Å². The summed E-state index contributed by atoms with van der Waals surface area (Å²) in [5.74, 6) is -0.0595. The highest BCUT2D eigenvalue weighted by Gasteiger charge is 2.07. The van der Waals surface area contributed by atoms with E-state index in [0.29, 0.717) is 5.82 Å². The van der Waals surface area contributed by atoms with E-state index in [9.17, 15) is 4.79 Å². The minimum atomic E-state index is -0.529. The Balaban J connectivity index is 0.000000581. The molecule has 5 nitrogen and oxygen atoms in total. The molecule has 0 fully saturated rings. The molecule has 2 heterocycles. The fraction of sp³-hybridized carbons (Fsp3) is 0.500. The molecule has 96 valence electrons. The van der Waals surface area contributed by atoms with Crippen molar-refractivity contribution in [1.29, 1.82) is 0 Å². The highest BCUT2D eigenvalue weighted by Crippen LogP contribution is 2.13. The molecule has 0 aliphatic heterocycles. The van der Waals surface area contributed by atoms with Gasteiger partial charge >= 0.3 is 5.76 Å². The molecule has 2 aromatic rings. The van der Waals surface area contributed by atoms with Gasteiger partial charge < -0.3 is 4.57 Å². The van der Waals surface area contributed by atoms with Crippen molar-refractivity contribution in [2.24, 2.45) is 0 Å². The van der Waals surface area contributed by atoms with Crippen LogP contribution in [-0.4, -0.2) is 14.7 Å². The summed E-state index contributed by atoms with van der Waals surface area (Å²) in [4.78, 5) is 13.2. The lowest BCUT2D eigenvalue weighted by atomic mass is 10.4. The summed E-state index contributed by atoms with van der Waals surface area (Å²) >= 11 is 0. The van der Waals surface area contributed by atoms with E-state index < -0.39 is 5.76 Å². The summed E-state index contributed by atoms with van der Waals surface area (Å²) in [6.07, 6.45) is 1.92. The molecular formula is C12H21N3O2. The van der Waals surface area contributed by atoms with Crippen LogP contribution in [0.15, 0.2) is 27.6 Å². The predicted octanol–water partition coefficient (Wildman–Crippen LogP) is 2.90. The van der Waals surface area contributed by atoms with Gasteiger partial charge in [0.2, 0.25) is 0 Å². The molecule has 0 spiro atoms. The predicted molar refractivity (Wildman–Crippen MR) is 68.9 cm³/mol. The van der Waals surface area contributed by atoms with Crippen LogP contribution in [0.5, 0.6) is 0 Å². The first-order chi connectivity index (χ1) is 8.31. The molecule has 0 aromatic carbocycles. The molecule has 1 N–H and O–H groups in total. The molecule has 0 radical (unpaired) electrons. The third kappa shape index (κ3) is 3.94. The van der Waals surface area contributed by atoms with Gasteiger partial charge in [-0.05, 0) is 19.1 Å². The fourth-order valence-electron chi connectivity index (χ4n) is 1.25. The molecule has 0 atom stereocenters. The van der Waals surface area contributed by atoms with E-state index in [4.69, 9.17) is 0 Å². The fourth-order valence-corrected chi connectivity index (χ4v) is 1.25. The molecule has 0 saturated heterocycles. The van der Waals surface area contributed by atoms with E-state index in [2.05, 4.69) is 14.7 Å². The van der Waals surface area contributed by atoms with E-state index in [1.54, 1.807) is 0 Å². The molecule has 0 saturated carbocycles. The summed E-state index contributed by atoms with van der Waals surface area (Å²) in [5.41, 5.74) is 0.855. The van der Waals surface area contributed by atoms with E-state index >= 15 is 0 Å². The zero-order valence-electron chi connectivity index (χ0n) is 11.2. The second-order valence-electron chi connectivity index (χ2n) is 2.62. The van der Waals surface area contributed by atoms with Gasteiger partial charge in [-0.25, -0.2) is 4.79 Å². The van der Waals surface area contributed by atoms with Crippen LogP contribution in [0, 0.1) is 0 Å². The molecule has 2 rings (SSSR count). The molecule has 2 aromatic heterocycles. The maximum Gasteiger partial charge on any atom is 0.439 e. The zero-order chi connectivity index (χ0) is 13.3. The monoisotopic (exact) mass is 239 g/mol. The summed E-state index contributed by atoms with van der Waals surface area (Å²) in [6.45, 7) is 10.8.